The van der Waals surface area contributed by atoms with E-state index in [-0.39, 0.29) is 12.5 Å². The predicted molar refractivity (Wildman–Crippen MR) is 139 cm³/mol. The summed E-state index contributed by atoms with van der Waals surface area (Å²) in [4.78, 5) is 20.9. The van der Waals surface area contributed by atoms with Gasteiger partial charge in [0.2, 0.25) is 5.13 Å². The van der Waals surface area contributed by atoms with Gasteiger partial charge in [-0.1, -0.05) is 6.42 Å². The predicted octanol–water partition coefficient (Wildman–Crippen LogP) is 5.13. The molecule has 1 saturated carbocycles. The maximum Gasteiger partial charge on any atom is 0.304 e. The number of carbonyl (C=O) groups is 1. The van der Waals surface area contributed by atoms with E-state index in [0.29, 0.717) is 40.6 Å². The van der Waals surface area contributed by atoms with E-state index in [9.17, 15) is 4.79 Å². The third-order valence-corrected chi connectivity index (χ3v) is 8.10. The molecule has 1 unspecified atom stereocenters. The van der Waals surface area contributed by atoms with Crippen LogP contribution in [-0.4, -0.2) is 53.3 Å². The van der Waals surface area contributed by atoms with E-state index in [1.54, 1.807) is 10.9 Å². The van der Waals surface area contributed by atoms with E-state index in [2.05, 4.69) is 24.8 Å². The van der Waals surface area contributed by atoms with Gasteiger partial charge in [-0.25, -0.2) is 9.97 Å². The molecule has 1 saturated heterocycles. The van der Waals surface area contributed by atoms with Crippen LogP contribution < -0.4 is 10.1 Å². The maximum absolute atomic E-state index is 10.9. The van der Waals surface area contributed by atoms with E-state index in [0.717, 1.165) is 42.0 Å². The number of aromatic nitrogens is 5. The molecule has 1 aliphatic carbocycles. The van der Waals surface area contributed by atoms with Gasteiger partial charge in [-0.3, -0.25) is 9.48 Å². The minimum Gasteiger partial charge on any atom is -0.481 e. The molecule has 4 heterocycles. The molecule has 0 amide bonds. The van der Waals surface area contributed by atoms with E-state index >= 15 is 0 Å². The average Bonchev–Trinajstić information content (AvgIpc) is 3.56. The second-order valence-corrected chi connectivity index (χ2v) is 11.1. The Bertz CT molecular complexity index is 1270. The number of anilines is 2. The van der Waals surface area contributed by atoms with Crippen molar-refractivity contribution in [2.75, 3.05) is 17.7 Å². The van der Waals surface area contributed by atoms with Crippen LogP contribution in [0.5, 0.6) is 11.5 Å². The molecule has 0 radical (unpaired) electrons. The number of hydrogen-bond acceptors (Lipinski definition) is 11. The molecule has 2 fully saturated rings. The fourth-order valence-electron chi connectivity index (χ4n) is 4.50. The van der Waals surface area contributed by atoms with Crippen LogP contribution in [0.2, 0.25) is 0 Å². The van der Waals surface area contributed by atoms with Gasteiger partial charge >= 0.3 is 5.97 Å². The Morgan fingerprint density at radius 1 is 1.35 bits per heavy atom. The summed E-state index contributed by atoms with van der Waals surface area (Å²) in [6.45, 7) is 4.26. The number of carboxylic acid groups (broad SMARTS) is 1. The van der Waals surface area contributed by atoms with Crippen LogP contribution in [0.15, 0.2) is 17.2 Å². The Labute approximate surface area is 223 Å². The Kier molecular flexibility index (Phi) is 7.65. The minimum absolute atomic E-state index is 0.0590. The van der Waals surface area contributed by atoms with Gasteiger partial charge in [-0.05, 0) is 32.8 Å². The lowest BCUT2D eigenvalue weighted by Crippen LogP contribution is -2.32. The molecule has 5 rings (SSSR count). The van der Waals surface area contributed by atoms with Gasteiger partial charge in [0.25, 0.3) is 0 Å². The number of aliphatic carboxylic acids is 1. The van der Waals surface area contributed by atoms with Crippen LogP contribution in [0.4, 0.5) is 10.9 Å². The summed E-state index contributed by atoms with van der Waals surface area (Å²) in [5.74, 6) is 1.30. The maximum atomic E-state index is 10.9. The van der Waals surface area contributed by atoms with Crippen molar-refractivity contribution in [3.8, 4) is 11.5 Å². The van der Waals surface area contributed by atoms with Gasteiger partial charge in [-0.2, -0.15) is 9.47 Å². The van der Waals surface area contributed by atoms with Crippen LogP contribution in [-0.2, 0) is 21.3 Å². The third-order valence-electron chi connectivity index (χ3n) is 6.49. The van der Waals surface area contributed by atoms with Crippen LogP contribution in [0.25, 0.3) is 0 Å². The van der Waals surface area contributed by atoms with Crippen LogP contribution >= 0.6 is 23.3 Å². The fourth-order valence-corrected chi connectivity index (χ4v) is 5.94. The van der Waals surface area contributed by atoms with E-state index in [1.807, 2.05) is 27.0 Å². The molecule has 3 aromatic rings. The quantitative estimate of drug-likeness (QED) is 0.346. The summed E-state index contributed by atoms with van der Waals surface area (Å²) in [6, 6.07) is 1.84. The van der Waals surface area contributed by atoms with E-state index < -0.39 is 11.8 Å². The largest absolute Gasteiger partial charge is 0.481 e. The lowest BCUT2D eigenvalue weighted by molar-refractivity contribution is -0.188. The molecule has 37 heavy (non-hydrogen) atoms. The van der Waals surface area contributed by atoms with E-state index in [4.69, 9.17) is 19.3 Å². The lowest BCUT2D eigenvalue weighted by Gasteiger charge is -2.31. The van der Waals surface area contributed by atoms with Crippen molar-refractivity contribution in [2.45, 2.75) is 69.2 Å². The molecule has 2 N–H and O–H groups in total. The summed E-state index contributed by atoms with van der Waals surface area (Å²) in [6.07, 6.45) is 6.71. The lowest BCUT2D eigenvalue weighted by atomic mass is 9.94. The number of thioether (sulfide) groups is 1. The number of nitrogens with one attached hydrogen (secondary N) is 1. The number of hydrogen-bond donors (Lipinski definition) is 2. The summed E-state index contributed by atoms with van der Waals surface area (Å²) in [5, 5.41) is 17.2. The third kappa shape index (κ3) is 5.89. The van der Waals surface area contributed by atoms with Crippen molar-refractivity contribution in [3.05, 3.63) is 29.5 Å². The number of ether oxygens (including phenoxy) is 3. The van der Waals surface area contributed by atoms with Crippen molar-refractivity contribution >= 4 is 40.2 Å². The highest BCUT2D eigenvalue weighted by atomic mass is 32.2. The minimum atomic E-state index is -0.838. The number of aryl methyl sites for hydroxylation is 2. The second-order valence-electron chi connectivity index (χ2n) is 9.21. The first kappa shape index (κ1) is 25.9. The van der Waals surface area contributed by atoms with Gasteiger partial charge in [0, 0.05) is 48.3 Å². The topological polar surface area (TPSA) is 134 Å². The highest BCUT2D eigenvalue weighted by molar-refractivity contribution is 7.99. The van der Waals surface area contributed by atoms with Crippen LogP contribution in [0.3, 0.4) is 0 Å². The van der Waals surface area contributed by atoms with Crippen LogP contribution in [0.1, 0.15) is 61.8 Å². The molecule has 1 atom stereocenters. The van der Waals surface area contributed by atoms with Gasteiger partial charge in [0.1, 0.15) is 11.8 Å². The van der Waals surface area contributed by atoms with Crippen molar-refractivity contribution in [1.82, 2.24) is 24.1 Å². The molecule has 1 aliphatic heterocycles. The second kappa shape index (κ2) is 10.9. The molecule has 2 aliphatic rings. The smallest absolute Gasteiger partial charge is 0.304 e. The first-order valence-electron chi connectivity index (χ1n) is 12.3. The zero-order chi connectivity index (χ0) is 26.0. The summed E-state index contributed by atoms with van der Waals surface area (Å²) in [5.41, 5.74) is 1.63. The zero-order valence-electron chi connectivity index (χ0n) is 21.0. The SMILES string of the molecule is Cc1nn(C)c(C)c1Oc1cc(SCCC(=O)O)cnc1Nc1nc(C2COC3(CCCCC3)O2)ns1. The Hall–Kier alpha value is -2.74. The fraction of sp³-hybridized carbons (Fsp3) is 0.542. The molecule has 13 heteroatoms. The number of carboxylic acids is 1. The normalized spacial score (nSPS) is 18.8. The molecular weight excluding hydrogens is 516 g/mol. The van der Waals surface area contributed by atoms with Crippen molar-refractivity contribution in [3.63, 3.8) is 0 Å². The Morgan fingerprint density at radius 3 is 2.89 bits per heavy atom. The van der Waals surface area contributed by atoms with Crippen LogP contribution in [0, 0.1) is 13.8 Å². The monoisotopic (exact) mass is 546 g/mol. The first-order chi connectivity index (χ1) is 17.8. The zero-order valence-corrected chi connectivity index (χ0v) is 22.7. The van der Waals surface area contributed by atoms with Crippen molar-refractivity contribution in [1.29, 1.82) is 0 Å². The number of pyridine rings is 1. The highest BCUT2D eigenvalue weighted by Crippen LogP contribution is 2.43. The standard InChI is InChI=1S/C24H30N6O5S2/c1-14-20(15(2)30(3)28-14)34-17-11-16(36-10-7-19(31)32)12-25-21(17)26-23-27-22(29-37-23)18-13-33-24(35-18)8-5-4-6-9-24/h11-12,18H,4-10,13H2,1-3H3,(H,31,32)(H,25,26,27,29). The molecule has 1 spiro atoms. The van der Waals surface area contributed by atoms with Gasteiger partial charge < -0.3 is 24.6 Å². The van der Waals surface area contributed by atoms with Gasteiger partial charge in [-0.15, -0.1) is 11.8 Å². The van der Waals surface area contributed by atoms with Crippen molar-refractivity contribution < 1.29 is 24.1 Å². The summed E-state index contributed by atoms with van der Waals surface area (Å²) < 4.78 is 24.9. The summed E-state index contributed by atoms with van der Waals surface area (Å²) in [7, 11) is 1.86. The average molecular weight is 547 g/mol. The van der Waals surface area contributed by atoms with Gasteiger partial charge in [0.05, 0.1) is 18.7 Å². The summed E-state index contributed by atoms with van der Waals surface area (Å²) >= 11 is 2.63. The first-order valence-corrected chi connectivity index (χ1v) is 14.0. The molecule has 11 nitrogen and oxygen atoms in total. The molecule has 198 valence electrons. The molecular formula is C24H30N6O5S2. The number of nitrogens with zero attached hydrogens (tertiary/aromatic N) is 5. The molecule has 0 aromatic carbocycles. The molecule has 0 bridgehead atoms. The van der Waals surface area contributed by atoms with Gasteiger partial charge in [0.15, 0.2) is 28.9 Å². The Balaban J connectivity index is 1.34. The van der Waals surface area contributed by atoms with E-state index in [1.165, 1.54) is 29.7 Å². The number of rotatable bonds is 9. The van der Waals surface area contributed by atoms with Crippen molar-refractivity contribution in [2.24, 2.45) is 7.05 Å². The highest BCUT2D eigenvalue weighted by Gasteiger charge is 2.44. The Morgan fingerprint density at radius 2 is 2.16 bits per heavy atom. The molecule has 3 aromatic heterocycles.